The zero-order valence-electron chi connectivity index (χ0n) is 38.3. The maximum atomic E-state index is 12.6. The van der Waals surface area contributed by atoms with E-state index in [1.165, 1.54) is 103 Å². The first-order chi connectivity index (χ1) is 28.6. The Kier molecular flexibility index (Phi) is 46.5. The number of carbonyl (C=O) groups excluding carboxylic acids is 2. The van der Waals surface area contributed by atoms with Crippen molar-refractivity contribution in [3.05, 3.63) is 72.9 Å². The number of esters is 2. The second-order valence-electron chi connectivity index (χ2n) is 16.0. The maximum absolute atomic E-state index is 12.6. The summed E-state index contributed by atoms with van der Waals surface area (Å²) in [5.41, 5.74) is 0. The molecule has 0 amide bonds. The highest BCUT2D eigenvalue weighted by atomic mass is 16.6. The smallest absolute Gasteiger partial charge is 0.306 e. The lowest BCUT2D eigenvalue weighted by Crippen LogP contribution is -2.30. The molecule has 0 saturated heterocycles. The van der Waals surface area contributed by atoms with Gasteiger partial charge in [-0.05, 0) is 89.9 Å². The minimum Gasteiger partial charge on any atom is -0.462 e. The van der Waals surface area contributed by atoms with E-state index in [1.807, 2.05) is 0 Å². The van der Waals surface area contributed by atoms with Crippen LogP contribution in [-0.2, 0) is 23.8 Å². The summed E-state index contributed by atoms with van der Waals surface area (Å²) in [6, 6.07) is 0. The molecule has 0 N–H and O–H groups in total. The molecule has 0 aromatic heterocycles. The second-order valence-corrected chi connectivity index (χ2v) is 16.0. The van der Waals surface area contributed by atoms with Crippen molar-refractivity contribution in [3.8, 4) is 0 Å². The minimum absolute atomic E-state index is 0.0705. The minimum atomic E-state index is -0.548. The van der Waals surface area contributed by atoms with Gasteiger partial charge in [-0.3, -0.25) is 9.59 Å². The van der Waals surface area contributed by atoms with Gasteiger partial charge in [-0.2, -0.15) is 0 Å². The molecule has 0 aromatic carbocycles. The van der Waals surface area contributed by atoms with Crippen LogP contribution in [0.4, 0.5) is 0 Å². The number of hydrogen-bond donors (Lipinski definition) is 0. The zero-order chi connectivity index (χ0) is 42.1. The van der Waals surface area contributed by atoms with Gasteiger partial charge in [0.05, 0.1) is 6.61 Å². The first-order valence-corrected chi connectivity index (χ1v) is 24.5. The molecule has 58 heavy (non-hydrogen) atoms. The quantitative estimate of drug-likeness (QED) is 0.0348. The maximum Gasteiger partial charge on any atom is 0.306 e. The average molecular weight is 809 g/mol. The summed E-state index contributed by atoms with van der Waals surface area (Å²) in [7, 11) is 0. The van der Waals surface area contributed by atoms with E-state index in [0.717, 1.165) is 89.9 Å². The van der Waals surface area contributed by atoms with Gasteiger partial charge in [-0.15, -0.1) is 0 Å². The molecule has 0 bridgehead atoms. The van der Waals surface area contributed by atoms with Crippen LogP contribution in [-0.4, -0.2) is 37.9 Å². The molecule has 0 aromatic rings. The normalized spacial score (nSPS) is 12.8. The highest BCUT2D eigenvalue weighted by Gasteiger charge is 2.17. The Bertz CT molecular complexity index is 1050. The van der Waals surface area contributed by atoms with Gasteiger partial charge in [0.1, 0.15) is 6.61 Å². The Morgan fingerprint density at radius 3 is 1.26 bits per heavy atom. The van der Waals surface area contributed by atoms with E-state index in [9.17, 15) is 9.59 Å². The van der Waals surface area contributed by atoms with Crippen LogP contribution in [0.3, 0.4) is 0 Å². The fourth-order valence-electron chi connectivity index (χ4n) is 6.59. The molecule has 0 aliphatic rings. The summed E-state index contributed by atoms with van der Waals surface area (Å²) < 4.78 is 17.2. The molecule has 0 radical (unpaired) electrons. The fourth-order valence-corrected chi connectivity index (χ4v) is 6.59. The third kappa shape index (κ3) is 46.0. The standard InChI is InChI=1S/C53H92O5/c1-4-7-10-13-15-17-19-21-23-25-26-27-29-31-33-35-37-39-42-45-48-56-49-51(58-53(55)47-44-40-12-9-6-3)50-57-52(54)46-43-41-38-36-34-32-30-28-24-22-20-18-16-14-11-8-5-2/h7,10,15,17,21-24,26-27,31,33,51H,4-6,8-9,11-14,16,18-20,25,28-30,32,34-50H2,1-3H3/b10-7-,17-15-,23-21-,24-22-,27-26-,33-31-. The first-order valence-electron chi connectivity index (χ1n) is 24.5. The highest BCUT2D eigenvalue weighted by Crippen LogP contribution is 2.13. The lowest BCUT2D eigenvalue weighted by molar-refractivity contribution is -0.163. The Balaban J connectivity index is 4.10. The van der Waals surface area contributed by atoms with Crippen LogP contribution >= 0.6 is 0 Å². The van der Waals surface area contributed by atoms with E-state index in [4.69, 9.17) is 14.2 Å². The molecule has 5 heteroatoms. The molecule has 0 saturated carbocycles. The predicted molar refractivity (Wildman–Crippen MR) is 251 cm³/mol. The number of carbonyl (C=O) groups is 2. The third-order valence-electron chi connectivity index (χ3n) is 10.2. The Labute approximate surface area is 359 Å². The first kappa shape index (κ1) is 55.3. The molecule has 0 rings (SSSR count). The average Bonchev–Trinajstić information content (AvgIpc) is 3.22. The molecule has 0 aliphatic carbocycles. The fraction of sp³-hybridized carbons (Fsp3) is 0.736. The zero-order valence-corrected chi connectivity index (χ0v) is 38.3. The Hall–Kier alpha value is -2.66. The van der Waals surface area contributed by atoms with Crippen molar-refractivity contribution >= 4 is 11.9 Å². The largest absolute Gasteiger partial charge is 0.462 e. The molecule has 5 nitrogen and oxygen atoms in total. The molecule has 0 fully saturated rings. The van der Waals surface area contributed by atoms with Crippen LogP contribution in [0.1, 0.15) is 226 Å². The SMILES string of the molecule is CC/C=C\C/C=C\C/C=C\C/C=C\C/C=C\CCCCCCOCC(COC(=O)CCCCCCCCC/C=C\CCCCCCCC)OC(=O)CCCCCCC. The van der Waals surface area contributed by atoms with Gasteiger partial charge >= 0.3 is 11.9 Å². The van der Waals surface area contributed by atoms with Crippen LogP contribution in [0.25, 0.3) is 0 Å². The van der Waals surface area contributed by atoms with Gasteiger partial charge in [-0.1, -0.05) is 196 Å². The van der Waals surface area contributed by atoms with Crippen LogP contribution in [0.5, 0.6) is 0 Å². The molecular formula is C53H92O5. The van der Waals surface area contributed by atoms with Gasteiger partial charge < -0.3 is 14.2 Å². The number of hydrogen-bond acceptors (Lipinski definition) is 5. The summed E-state index contributed by atoms with van der Waals surface area (Å²) >= 11 is 0. The van der Waals surface area contributed by atoms with Crippen molar-refractivity contribution in [3.63, 3.8) is 0 Å². The van der Waals surface area contributed by atoms with Crippen LogP contribution in [0.15, 0.2) is 72.9 Å². The van der Waals surface area contributed by atoms with E-state index in [-0.39, 0.29) is 25.2 Å². The van der Waals surface area contributed by atoms with Gasteiger partial charge in [0.25, 0.3) is 0 Å². The monoisotopic (exact) mass is 809 g/mol. The van der Waals surface area contributed by atoms with Crippen LogP contribution in [0.2, 0.25) is 0 Å². The summed E-state index contributed by atoms with van der Waals surface area (Å²) in [5, 5.41) is 0. The van der Waals surface area contributed by atoms with Crippen molar-refractivity contribution in [2.75, 3.05) is 19.8 Å². The van der Waals surface area contributed by atoms with Gasteiger partial charge in [0.15, 0.2) is 6.10 Å². The van der Waals surface area contributed by atoms with Gasteiger partial charge in [0.2, 0.25) is 0 Å². The van der Waals surface area contributed by atoms with Crippen molar-refractivity contribution in [2.24, 2.45) is 0 Å². The lowest BCUT2D eigenvalue weighted by atomic mass is 10.1. The molecule has 0 aliphatic heterocycles. The van der Waals surface area contributed by atoms with Gasteiger partial charge in [0, 0.05) is 19.4 Å². The van der Waals surface area contributed by atoms with Crippen molar-refractivity contribution in [2.45, 2.75) is 232 Å². The van der Waals surface area contributed by atoms with E-state index in [1.54, 1.807) is 0 Å². The molecule has 1 atom stereocenters. The molecular weight excluding hydrogens is 717 g/mol. The van der Waals surface area contributed by atoms with E-state index in [2.05, 4.69) is 93.7 Å². The predicted octanol–water partition coefficient (Wildman–Crippen LogP) is 16.3. The van der Waals surface area contributed by atoms with Crippen molar-refractivity contribution in [1.29, 1.82) is 0 Å². The summed E-state index contributed by atoms with van der Waals surface area (Å²) in [6.45, 7) is 7.58. The highest BCUT2D eigenvalue weighted by molar-refractivity contribution is 5.70. The molecule has 0 spiro atoms. The second kappa shape index (κ2) is 48.7. The molecule has 1 unspecified atom stereocenters. The molecule has 334 valence electrons. The lowest BCUT2D eigenvalue weighted by Gasteiger charge is -2.18. The van der Waals surface area contributed by atoms with Gasteiger partial charge in [-0.25, -0.2) is 0 Å². The summed E-state index contributed by atoms with van der Waals surface area (Å²) in [4.78, 5) is 25.1. The number of unbranched alkanes of at least 4 members (excludes halogenated alkanes) is 21. The van der Waals surface area contributed by atoms with E-state index < -0.39 is 6.10 Å². The third-order valence-corrected chi connectivity index (χ3v) is 10.2. The topological polar surface area (TPSA) is 61.8 Å². The summed E-state index contributed by atoms with van der Waals surface area (Å²) in [5.74, 6) is -0.429. The van der Waals surface area contributed by atoms with Crippen LogP contribution in [0, 0.1) is 0 Å². The number of ether oxygens (including phenoxy) is 3. The molecule has 0 heterocycles. The number of allylic oxidation sites excluding steroid dienone is 12. The van der Waals surface area contributed by atoms with E-state index in [0.29, 0.717) is 19.4 Å². The van der Waals surface area contributed by atoms with E-state index >= 15 is 0 Å². The van der Waals surface area contributed by atoms with Crippen LogP contribution < -0.4 is 0 Å². The van der Waals surface area contributed by atoms with Crippen molar-refractivity contribution in [1.82, 2.24) is 0 Å². The summed E-state index contributed by atoms with van der Waals surface area (Å²) in [6.07, 6.45) is 62.2. The number of rotatable bonds is 44. The Morgan fingerprint density at radius 2 is 0.776 bits per heavy atom. The Morgan fingerprint density at radius 1 is 0.397 bits per heavy atom. The van der Waals surface area contributed by atoms with Crippen molar-refractivity contribution < 1.29 is 23.8 Å².